The molecule has 4 aromatic rings. The van der Waals surface area contributed by atoms with Crippen molar-refractivity contribution < 1.29 is 14.4 Å². The lowest BCUT2D eigenvalue weighted by atomic mass is 10.1. The van der Waals surface area contributed by atoms with Crippen molar-refractivity contribution in [1.29, 1.82) is 0 Å². The maximum Gasteiger partial charge on any atom is 0.272 e. The van der Waals surface area contributed by atoms with Crippen molar-refractivity contribution in [3.63, 3.8) is 0 Å². The molecule has 0 fully saturated rings. The first-order valence-electron chi connectivity index (χ1n) is 12.1. The van der Waals surface area contributed by atoms with E-state index in [4.69, 9.17) is 23.2 Å². The number of pyridine rings is 1. The fourth-order valence-corrected chi connectivity index (χ4v) is 4.70. The van der Waals surface area contributed by atoms with E-state index >= 15 is 0 Å². The summed E-state index contributed by atoms with van der Waals surface area (Å²) in [7, 11) is 0. The van der Waals surface area contributed by atoms with Crippen molar-refractivity contribution in [1.82, 2.24) is 10.3 Å². The van der Waals surface area contributed by atoms with Crippen LogP contribution < -0.4 is 16.0 Å². The molecular formula is C30H24Cl2N4O3S. The van der Waals surface area contributed by atoms with Crippen LogP contribution in [-0.2, 0) is 9.59 Å². The summed E-state index contributed by atoms with van der Waals surface area (Å²) in [6, 6.07) is 25.9. The van der Waals surface area contributed by atoms with Gasteiger partial charge in [-0.1, -0.05) is 59.6 Å². The summed E-state index contributed by atoms with van der Waals surface area (Å²) >= 11 is 13.8. The Kier molecular flexibility index (Phi) is 9.96. The van der Waals surface area contributed by atoms with Gasteiger partial charge in [0.25, 0.3) is 11.8 Å². The molecule has 10 heteroatoms. The maximum absolute atomic E-state index is 13.3. The molecule has 0 aliphatic heterocycles. The minimum Gasteiger partial charge on any atom is -0.321 e. The van der Waals surface area contributed by atoms with Gasteiger partial charge in [-0.3, -0.25) is 14.4 Å². The van der Waals surface area contributed by atoms with Crippen molar-refractivity contribution in [2.24, 2.45) is 0 Å². The molecule has 0 aliphatic rings. The van der Waals surface area contributed by atoms with E-state index in [2.05, 4.69) is 20.9 Å². The molecule has 0 spiro atoms. The van der Waals surface area contributed by atoms with Crippen LogP contribution in [0, 0.1) is 0 Å². The molecule has 3 aromatic carbocycles. The first kappa shape index (κ1) is 28.9. The number of benzene rings is 3. The molecule has 0 saturated heterocycles. The second kappa shape index (κ2) is 13.8. The van der Waals surface area contributed by atoms with Crippen molar-refractivity contribution >= 4 is 70.3 Å². The third-order valence-corrected chi connectivity index (χ3v) is 7.47. The first-order valence-corrected chi connectivity index (χ1v) is 13.8. The molecule has 1 aromatic heterocycles. The highest BCUT2D eigenvalue weighted by molar-refractivity contribution is 8.00. The zero-order chi connectivity index (χ0) is 28.5. The predicted molar refractivity (Wildman–Crippen MR) is 162 cm³/mol. The van der Waals surface area contributed by atoms with Gasteiger partial charge in [0.1, 0.15) is 11.5 Å². The fourth-order valence-electron chi connectivity index (χ4n) is 3.47. The summed E-state index contributed by atoms with van der Waals surface area (Å²) in [5, 5.41) is 8.44. The normalized spacial score (nSPS) is 11.8. The van der Waals surface area contributed by atoms with Gasteiger partial charge in [0.05, 0.1) is 15.3 Å². The number of hydrogen-bond acceptors (Lipinski definition) is 5. The number of hydrogen-bond donors (Lipinski definition) is 3. The SMILES string of the molecule is CC(Sc1ccc(NC(=O)/C(=C/c2cccc(Cl)c2Cl)NC(=O)c2ccccc2)cc1)C(=O)Nc1ccccn1. The first-order chi connectivity index (χ1) is 19.3. The van der Waals surface area contributed by atoms with E-state index in [1.807, 2.05) is 0 Å². The molecular weight excluding hydrogens is 567 g/mol. The molecule has 0 aliphatic carbocycles. The van der Waals surface area contributed by atoms with Crippen molar-refractivity contribution in [3.8, 4) is 0 Å². The average molecular weight is 592 g/mol. The van der Waals surface area contributed by atoms with Crippen LogP contribution in [0.2, 0.25) is 10.0 Å². The van der Waals surface area contributed by atoms with Gasteiger partial charge in [0.15, 0.2) is 0 Å². The number of halogens is 2. The highest BCUT2D eigenvalue weighted by Crippen LogP contribution is 2.28. The predicted octanol–water partition coefficient (Wildman–Crippen LogP) is 6.92. The molecule has 3 N–H and O–H groups in total. The Morgan fingerprint density at radius 2 is 1.57 bits per heavy atom. The molecule has 1 atom stereocenters. The summed E-state index contributed by atoms with van der Waals surface area (Å²) in [6.45, 7) is 1.80. The lowest BCUT2D eigenvalue weighted by molar-refractivity contribution is -0.115. The largest absolute Gasteiger partial charge is 0.321 e. The second-order valence-corrected chi connectivity index (χ2v) is 10.7. The maximum atomic E-state index is 13.3. The van der Waals surface area contributed by atoms with Gasteiger partial charge in [-0.05, 0) is 73.2 Å². The monoisotopic (exact) mass is 590 g/mol. The summed E-state index contributed by atoms with van der Waals surface area (Å²) in [5.41, 5.74) is 1.34. The molecule has 40 heavy (non-hydrogen) atoms. The van der Waals surface area contributed by atoms with E-state index in [0.29, 0.717) is 27.7 Å². The summed E-state index contributed by atoms with van der Waals surface area (Å²) < 4.78 is 0. The van der Waals surface area contributed by atoms with Gasteiger partial charge in [-0.25, -0.2) is 4.98 Å². The average Bonchev–Trinajstić information content (AvgIpc) is 2.97. The molecule has 3 amide bonds. The summed E-state index contributed by atoms with van der Waals surface area (Å²) in [6.07, 6.45) is 3.08. The molecule has 7 nitrogen and oxygen atoms in total. The van der Waals surface area contributed by atoms with Crippen molar-refractivity contribution in [2.45, 2.75) is 17.1 Å². The van der Waals surface area contributed by atoms with Crippen LogP contribution in [0.1, 0.15) is 22.8 Å². The molecule has 4 rings (SSSR count). The Morgan fingerprint density at radius 3 is 2.27 bits per heavy atom. The number of nitrogens with one attached hydrogen (secondary N) is 3. The topological polar surface area (TPSA) is 100 Å². The number of carbonyl (C=O) groups is 3. The molecule has 0 radical (unpaired) electrons. The standard InChI is InChI=1S/C30H24Cl2N4O3S/c1-19(28(37)36-26-12-5-6-17-33-26)40-23-15-13-22(14-16-23)34-30(39)25(18-21-10-7-11-24(31)27(21)32)35-29(38)20-8-3-2-4-9-20/h2-19H,1H3,(H,34,39)(H,35,38)(H,33,36,37)/b25-18-. The van der Waals surface area contributed by atoms with Crippen LogP contribution in [0.15, 0.2) is 108 Å². The number of aromatic nitrogens is 1. The zero-order valence-corrected chi connectivity index (χ0v) is 23.6. The van der Waals surface area contributed by atoms with Crippen LogP contribution in [0.25, 0.3) is 6.08 Å². The van der Waals surface area contributed by atoms with E-state index in [0.717, 1.165) is 4.90 Å². The quantitative estimate of drug-likeness (QED) is 0.145. The minimum absolute atomic E-state index is 0.0173. The molecule has 0 saturated carbocycles. The Bertz CT molecular complexity index is 1530. The van der Waals surface area contributed by atoms with Crippen LogP contribution in [0.5, 0.6) is 0 Å². The van der Waals surface area contributed by atoms with Crippen molar-refractivity contribution in [2.75, 3.05) is 10.6 Å². The van der Waals surface area contributed by atoms with Gasteiger partial charge in [-0.15, -0.1) is 11.8 Å². The van der Waals surface area contributed by atoms with Gasteiger partial charge in [0, 0.05) is 22.3 Å². The number of thioether (sulfide) groups is 1. The van der Waals surface area contributed by atoms with Gasteiger partial charge >= 0.3 is 0 Å². The van der Waals surface area contributed by atoms with Gasteiger partial charge in [0.2, 0.25) is 5.91 Å². The summed E-state index contributed by atoms with van der Waals surface area (Å²) in [5.74, 6) is -0.696. The van der Waals surface area contributed by atoms with Crippen LogP contribution >= 0.6 is 35.0 Å². The Hall–Kier alpha value is -4.11. The Labute approximate surface area is 246 Å². The number of amides is 3. The van der Waals surface area contributed by atoms with Crippen LogP contribution in [-0.4, -0.2) is 28.0 Å². The van der Waals surface area contributed by atoms with E-state index in [9.17, 15) is 14.4 Å². The number of anilines is 2. The minimum atomic E-state index is -0.552. The fraction of sp³-hybridized carbons (Fsp3) is 0.0667. The smallest absolute Gasteiger partial charge is 0.272 e. The number of nitrogens with zero attached hydrogens (tertiary/aromatic N) is 1. The molecule has 1 heterocycles. The van der Waals surface area contributed by atoms with E-state index in [1.54, 1.807) is 104 Å². The highest BCUT2D eigenvalue weighted by Gasteiger charge is 2.18. The van der Waals surface area contributed by atoms with Crippen molar-refractivity contribution in [3.05, 3.63) is 124 Å². The zero-order valence-electron chi connectivity index (χ0n) is 21.2. The third-order valence-electron chi connectivity index (χ3n) is 5.52. The molecule has 0 bridgehead atoms. The molecule has 202 valence electrons. The second-order valence-electron chi connectivity index (χ2n) is 8.46. The highest BCUT2D eigenvalue weighted by atomic mass is 35.5. The lowest BCUT2D eigenvalue weighted by Gasteiger charge is -2.13. The van der Waals surface area contributed by atoms with Crippen LogP contribution in [0.3, 0.4) is 0 Å². The number of carbonyl (C=O) groups excluding carboxylic acids is 3. The Balaban J connectivity index is 1.46. The van der Waals surface area contributed by atoms with Crippen LogP contribution in [0.4, 0.5) is 11.5 Å². The lowest BCUT2D eigenvalue weighted by Crippen LogP contribution is -2.30. The number of rotatable bonds is 9. The van der Waals surface area contributed by atoms with Gasteiger partial charge in [-0.2, -0.15) is 0 Å². The van der Waals surface area contributed by atoms with E-state index in [-0.39, 0.29) is 21.9 Å². The van der Waals surface area contributed by atoms with Gasteiger partial charge < -0.3 is 16.0 Å². The van der Waals surface area contributed by atoms with E-state index < -0.39 is 11.8 Å². The van der Waals surface area contributed by atoms with E-state index in [1.165, 1.54) is 17.8 Å². The Morgan fingerprint density at radius 1 is 0.850 bits per heavy atom. The molecule has 1 unspecified atom stereocenters. The summed E-state index contributed by atoms with van der Waals surface area (Å²) in [4.78, 5) is 43.6. The third kappa shape index (κ3) is 7.95.